The Kier molecular flexibility index (Phi) is 3.87. The second-order valence-corrected chi connectivity index (χ2v) is 4.33. The highest BCUT2D eigenvalue weighted by Crippen LogP contribution is 2.18. The number of nitrogens with zero attached hydrogens (tertiary/aromatic N) is 1. The van der Waals surface area contributed by atoms with Gasteiger partial charge in [0.05, 0.1) is 18.0 Å². The van der Waals surface area contributed by atoms with Crippen LogP contribution in [-0.2, 0) is 6.54 Å². The van der Waals surface area contributed by atoms with Gasteiger partial charge < -0.3 is 14.3 Å². The number of nitrogens with one attached hydrogen (secondary N) is 1. The summed E-state index contributed by atoms with van der Waals surface area (Å²) >= 11 is 0. The number of rotatable bonds is 5. The third kappa shape index (κ3) is 2.83. The number of aromatic nitrogens is 1. The molecule has 1 N–H and O–H groups in total. The average molecular weight is 246 g/mol. The highest BCUT2D eigenvalue weighted by atomic mass is 16.3. The number of furan rings is 1. The summed E-state index contributed by atoms with van der Waals surface area (Å²) in [4.78, 5) is 11.6. The van der Waals surface area contributed by atoms with Crippen molar-refractivity contribution in [2.45, 2.75) is 32.9 Å². The van der Waals surface area contributed by atoms with Crippen molar-refractivity contribution in [1.82, 2.24) is 4.57 Å². The largest absolute Gasteiger partial charge is 0.467 e. The standard InChI is InChI=1S/C14H18N2O2/c1-3-8-16-10-12(6-7-14(16)17)15-11(2)13-5-4-9-18-13/h4-7,9-11,15H,3,8H2,1-2H3. The molecule has 0 spiro atoms. The van der Waals surface area contributed by atoms with E-state index in [0.29, 0.717) is 0 Å². The van der Waals surface area contributed by atoms with Crippen LogP contribution in [0.2, 0.25) is 0 Å². The van der Waals surface area contributed by atoms with Crippen LogP contribution in [0.25, 0.3) is 0 Å². The minimum Gasteiger partial charge on any atom is -0.467 e. The maximum absolute atomic E-state index is 11.6. The predicted molar refractivity (Wildman–Crippen MR) is 71.7 cm³/mol. The summed E-state index contributed by atoms with van der Waals surface area (Å²) in [5.41, 5.74) is 0.958. The maximum atomic E-state index is 11.6. The van der Waals surface area contributed by atoms with Crippen LogP contribution in [0.1, 0.15) is 32.1 Å². The molecule has 0 radical (unpaired) electrons. The summed E-state index contributed by atoms with van der Waals surface area (Å²) in [7, 11) is 0. The van der Waals surface area contributed by atoms with Gasteiger partial charge in [-0.3, -0.25) is 4.79 Å². The van der Waals surface area contributed by atoms with E-state index in [1.165, 1.54) is 0 Å². The molecule has 0 aromatic carbocycles. The van der Waals surface area contributed by atoms with Gasteiger partial charge in [-0.1, -0.05) is 6.92 Å². The molecule has 4 nitrogen and oxygen atoms in total. The Morgan fingerprint density at radius 3 is 2.89 bits per heavy atom. The fourth-order valence-electron chi connectivity index (χ4n) is 1.89. The number of anilines is 1. The van der Waals surface area contributed by atoms with Crippen molar-refractivity contribution >= 4 is 5.69 Å². The van der Waals surface area contributed by atoms with Crippen LogP contribution in [0.5, 0.6) is 0 Å². The molecule has 0 amide bonds. The molecule has 1 atom stereocenters. The summed E-state index contributed by atoms with van der Waals surface area (Å²) < 4.78 is 7.06. The Bertz CT molecular complexity index is 543. The number of pyridine rings is 1. The summed E-state index contributed by atoms with van der Waals surface area (Å²) in [6.07, 6.45) is 4.45. The fraction of sp³-hybridized carbons (Fsp3) is 0.357. The molecular weight excluding hydrogens is 228 g/mol. The van der Waals surface area contributed by atoms with Gasteiger partial charge in [0, 0.05) is 18.8 Å². The highest BCUT2D eigenvalue weighted by Gasteiger charge is 2.08. The maximum Gasteiger partial charge on any atom is 0.250 e. The molecule has 18 heavy (non-hydrogen) atoms. The summed E-state index contributed by atoms with van der Waals surface area (Å²) in [5, 5.41) is 3.32. The lowest BCUT2D eigenvalue weighted by Crippen LogP contribution is -2.19. The normalized spacial score (nSPS) is 12.3. The van der Waals surface area contributed by atoms with E-state index < -0.39 is 0 Å². The Hall–Kier alpha value is -1.97. The summed E-state index contributed by atoms with van der Waals surface area (Å²) in [5.74, 6) is 0.878. The quantitative estimate of drug-likeness (QED) is 0.882. The molecule has 0 saturated carbocycles. The van der Waals surface area contributed by atoms with Crippen molar-refractivity contribution < 1.29 is 4.42 Å². The van der Waals surface area contributed by atoms with Gasteiger partial charge in [0.25, 0.3) is 5.56 Å². The SMILES string of the molecule is CCCn1cc(NC(C)c2ccco2)ccc1=O. The lowest BCUT2D eigenvalue weighted by Gasteiger charge is -2.14. The van der Waals surface area contributed by atoms with Crippen molar-refractivity contribution in [2.24, 2.45) is 0 Å². The molecular formula is C14H18N2O2. The monoisotopic (exact) mass is 246 g/mol. The zero-order chi connectivity index (χ0) is 13.0. The van der Waals surface area contributed by atoms with Crippen LogP contribution in [0, 0.1) is 0 Å². The molecule has 0 aliphatic heterocycles. The fourth-order valence-corrected chi connectivity index (χ4v) is 1.89. The minimum atomic E-state index is 0.0352. The van der Waals surface area contributed by atoms with Gasteiger partial charge in [-0.25, -0.2) is 0 Å². The molecule has 0 bridgehead atoms. The van der Waals surface area contributed by atoms with E-state index in [9.17, 15) is 4.79 Å². The molecule has 2 aromatic rings. The van der Waals surface area contributed by atoms with Crippen LogP contribution in [0.3, 0.4) is 0 Å². The topological polar surface area (TPSA) is 47.2 Å². The average Bonchev–Trinajstić information content (AvgIpc) is 2.87. The van der Waals surface area contributed by atoms with E-state index in [1.807, 2.05) is 25.3 Å². The van der Waals surface area contributed by atoms with Gasteiger partial charge in [-0.2, -0.15) is 0 Å². The van der Waals surface area contributed by atoms with E-state index in [4.69, 9.17) is 4.42 Å². The van der Waals surface area contributed by atoms with E-state index >= 15 is 0 Å². The molecule has 2 rings (SSSR count). The molecule has 0 saturated heterocycles. The predicted octanol–water partition coefficient (Wildman–Crippen LogP) is 3.02. The first-order valence-electron chi connectivity index (χ1n) is 6.21. The Morgan fingerprint density at radius 1 is 1.39 bits per heavy atom. The molecule has 1 unspecified atom stereocenters. The van der Waals surface area contributed by atoms with Gasteiger partial charge in [0.2, 0.25) is 0 Å². The van der Waals surface area contributed by atoms with Crippen molar-refractivity contribution in [1.29, 1.82) is 0 Å². The molecule has 96 valence electrons. The van der Waals surface area contributed by atoms with Crippen LogP contribution in [0.15, 0.2) is 45.9 Å². The van der Waals surface area contributed by atoms with Crippen LogP contribution < -0.4 is 10.9 Å². The van der Waals surface area contributed by atoms with Crippen molar-refractivity contribution in [3.05, 3.63) is 52.8 Å². The first kappa shape index (κ1) is 12.5. The number of hydrogen-bond acceptors (Lipinski definition) is 3. The zero-order valence-corrected chi connectivity index (χ0v) is 10.7. The second-order valence-electron chi connectivity index (χ2n) is 4.33. The first-order chi connectivity index (χ1) is 8.70. The first-order valence-corrected chi connectivity index (χ1v) is 6.21. The molecule has 0 fully saturated rings. The lowest BCUT2D eigenvalue weighted by molar-refractivity contribution is 0.490. The van der Waals surface area contributed by atoms with Gasteiger partial charge in [0.1, 0.15) is 5.76 Å². The van der Waals surface area contributed by atoms with Crippen molar-refractivity contribution in [3.63, 3.8) is 0 Å². The van der Waals surface area contributed by atoms with Gasteiger partial charge >= 0.3 is 0 Å². The number of aryl methyl sites for hydroxylation is 1. The van der Waals surface area contributed by atoms with Gasteiger partial charge in [0.15, 0.2) is 0 Å². The Morgan fingerprint density at radius 2 is 2.22 bits per heavy atom. The van der Waals surface area contributed by atoms with Crippen LogP contribution >= 0.6 is 0 Å². The van der Waals surface area contributed by atoms with E-state index in [1.54, 1.807) is 23.0 Å². The third-order valence-corrected chi connectivity index (χ3v) is 2.80. The Labute approximate surface area is 106 Å². The Balaban J connectivity index is 2.14. The lowest BCUT2D eigenvalue weighted by atomic mass is 10.2. The zero-order valence-electron chi connectivity index (χ0n) is 10.7. The van der Waals surface area contributed by atoms with E-state index in [0.717, 1.165) is 24.4 Å². The molecule has 2 heterocycles. The smallest absolute Gasteiger partial charge is 0.250 e. The van der Waals surface area contributed by atoms with Crippen molar-refractivity contribution in [2.75, 3.05) is 5.32 Å². The van der Waals surface area contributed by atoms with Gasteiger partial charge in [-0.05, 0) is 31.5 Å². The van der Waals surface area contributed by atoms with E-state index in [2.05, 4.69) is 12.2 Å². The summed E-state index contributed by atoms with van der Waals surface area (Å²) in [6.45, 7) is 4.82. The van der Waals surface area contributed by atoms with Gasteiger partial charge in [-0.15, -0.1) is 0 Å². The number of hydrogen-bond donors (Lipinski definition) is 1. The van der Waals surface area contributed by atoms with Crippen LogP contribution in [-0.4, -0.2) is 4.57 Å². The van der Waals surface area contributed by atoms with Crippen LogP contribution in [0.4, 0.5) is 5.69 Å². The third-order valence-electron chi connectivity index (χ3n) is 2.80. The van der Waals surface area contributed by atoms with E-state index in [-0.39, 0.29) is 11.6 Å². The minimum absolute atomic E-state index is 0.0352. The highest BCUT2D eigenvalue weighted by molar-refractivity contribution is 5.42. The molecule has 2 aromatic heterocycles. The molecule has 4 heteroatoms. The molecule has 0 aliphatic rings. The summed E-state index contributed by atoms with van der Waals surface area (Å²) in [6, 6.07) is 7.26. The van der Waals surface area contributed by atoms with Crippen molar-refractivity contribution in [3.8, 4) is 0 Å². The molecule has 0 aliphatic carbocycles. The second kappa shape index (κ2) is 5.58.